The molecule has 0 aliphatic heterocycles. The number of rotatable bonds is 3. The Morgan fingerprint density at radius 3 is 2.58 bits per heavy atom. The van der Waals surface area contributed by atoms with Crippen molar-refractivity contribution in [2.45, 2.75) is 0 Å². The van der Waals surface area contributed by atoms with Gasteiger partial charge in [0.15, 0.2) is 0 Å². The number of methoxy groups -OCH3 is 1. The molecule has 2 rings (SSSR count). The lowest BCUT2D eigenvalue weighted by Gasteiger charge is -2.03. The number of hydrogen-bond donors (Lipinski definition) is 1. The lowest BCUT2D eigenvalue weighted by molar-refractivity contribution is -0.114. The van der Waals surface area contributed by atoms with E-state index in [1.54, 1.807) is 13.2 Å². The maximum absolute atomic E-state index is 11.0. The Bertz CT molecular complexity index is 712. The van der Waals surface area contributed by atoms with Crippen molar-refractivity contribution in [2.75, 3.05) is 7.11 Å². The van der Waals surface area contributed by atoms with Crippen molar-refractivity contribution in [2.24, 2.45) is 5.73 Å². The third kappa shape index (κ3) is 2.72. The van der Waals surface area contributed by atoms with E-state index in [4.69, 9.17) is 15.7 Å². The third-order valence-electron chi connectivity index (χ3n) is 2.77. The summed E-state index contributed by atoms with van der Waals surface area (Å²) in [7, 11) is 1.62. The summed E-state index contributed by atoms with van der Waals surface area (Å²) in [5, 5.41) is 10.8. The zero-order chi connectivity index (χ0) is 13.8. The normalized spacial score (nSPS) is 11.1. The summed E-state index contributed by atoms with van der Waals surface area (Å²) in [6, 6.07) is 13.1. The molecular weight excluding hydrogens is 240 g/mol. The number of nitrogens with two attached hydrogens (primary N) is 1. The quantitative estimate of drug-likeness (QED) is 0.672. The first-order valence-corrected chi connectivity index (χ1v) is 5.63. The number of carbonyl (C=O) groups excluding carboxylic acids is 1. The number of nitriles is 1. The first-order valence-electron chi connectivity index (χ1n) is 5.63. The standard InChI is InChI=1S/C15H12N2O2/c1-19-14-5-4-11-6-10(2-3-12(11)8-14)7-13(9-16)15(17)18/h2-8H,1H3,(H2,17,18)/b13-7+. The Morgan fingerprint density at radius 1 is 1.26 bits per heavy atom. The van der Waals surface area contributed by atoms with E-state index in [0.29, 0.717) is 0 Å². The largest absolute Gasteiger partial charge is 0.497 e. The Hall–Kier alpha value is -2.80. The molecule has 94 valence electrons. The molecule has 0 heterocycles. The van der Waals surface area contributed by atoms with E-state index in [1.807, 2.05) is 36.4 Å². The highest BCUT2D eigenvalue weighted by molar-refractivity contribution is 6.01. The second kappa shape index (κ2) is 5.23. The van der Waals surface area contributed by atoms with Crippen LogP contribution in [0.4, 0.5) is 0 Å². The molecule has 1 amide bonds. The average Bonchev–Trinajstić information content (AvgIpc) is 2.43. The zero-order valence-corrected chi connectivity index (χ0v) is 10.4. The average molecular weight is 252 g/mol. The van der Waals surface area contributed by atoms with Gasteiger partial charge in [-0.05, 0) is 40.6 Å². The van der Waals surface area contributed by atoms with Gasteiger partial charge in [0, 0.05) is 0 Å². The fourth-order valence-electron chi connectivity index (χ4n) is 1.78. The molecule has 2 N–H and O–H groups in total. The second-order valence-electron chi connectivity index (χ2n) is 4.01. The minimum atomic E-state index is -0.725. The van der Waals surface area contributed by atoms with E-state index in [-0.39, 0.29) is 5.57 Å². The van der Waals surface area contributed by atoms with Crippen molar-refractivity contribution in [3.8, 4) is 11.8 Å². The van der Waals surface area contributed by atoms with Gasteiger partial charge < -0.3 is 10.5 Å². The summed E-state index contributed by atoms with van der Waals surface area (Å²) in [6.07, 6.45) is 1.48. The third-order valence-corrected chi connectivity index (χ3v) is 2.77. The first kappa shape index (κ1) is 12.7. The van der Waals surface area contributed by atoms with Crippen LogP contribution in [0.15, 0.2) is 42.0 Å². The van der Waals surface area contributed by atoms with Crippen LogP contribution in [0.3, 0.4) is 0 Å². The molecule has 2 aromatic rings. The summed E-state index contributed by atoms with van der Waals surface area (Å²) >= 11 is 0. The van der Waals surface area contributed by atoms with Gasteiger partial charge in [0.1, 0.15) is 17.4 Å². The number of hydrogen-bond acceptors (Lipinski definition) is 3. The highest BCUT2D eigenvalue weighted by Gasteiger charge is 2.04. The van der Waals surface area contributed by atoms with Crippen LogP contribution < -0.4 is 10.5 Å². The lowest BCUT2D eigenvalue weighted by atomic mass is 10.0. The van der Waals surface area contributed by atoms with Gasteiger partial charge in [0.2, 0.25) is 0 Å². The maximum atomic E-state index is 11.0. The lowest BCUT2D eigenvalue weighted by Crippen LogP contribution is -2.12. The second-order valence-corrected chi connectivity index (χ2v) is 4.01. The molecule has 0 saturated heterocycles. The highest BCUT2D eigenvalue weighted by atomic mass is 16.5. The van der Waals surface area contributed by atoms with Crippen molar-refractivity contribution in [1.29, 1.82) is 5.26 Å². The molecule has 0 atom stereocenters. The van der Waals surface area contributed by atoms with Crippen LogP contribution in [-0.2, 0) is 4.79 Å². The number of benzene rings is 2. The van der Waals surface area contributed by atoms with Crippen molar-refractivity contribution in [1.82, 2.24) is 0 Å². The maximum Gasteiger partial charge on any atom is 0.259 e. The number of fused-ring (bicyclic) bond motifs is 1. The molecule has 0 aliphatic carbocycles. The Kier molecular flexibility index (Phi) is 3.48. The molecule has 4 heteroatoms. The molecule has 0 aliphatic rings. The fourth-order valence-corrected chi connectivity index (χ4v) is 1.78. The molecule has 0 fully saturated rings. The van der Waals surface area contributed by atoms with Gasteiger partial charge in [-0.1, -0.05) is 18.2 Å². The van der Waals surface area contributed by atoms with Crippen molar-refractivity contribution in [3.63, 3.8) is 0 Å². The van der Waals surface area contributed by atoms with Gasteiger partial charge in [-0.3, -0.25) is 4.79 Å². The highest BCUT2D eigenvalue weighted by Crippen LogP contribution is 2.22. The van der Waals surface area contributed by atoms with Crippen LogP contribution in [0.2, 0.25) is 0 Å². The van der Waals surface area contributed by atoms with Crippen molar-refractivity contribution in [3.05, 3.63) is 47.5 Å². The topological polar surface area (TPSA) is 76.1 Å². The molecule has 2 aromatic carbocycles. The molecule has 0 radical (unpaired) electrons. The molecule has 0 saturated carbocycles. The Morgan fingerprint density at radius 2 is 1.95 bits per heavy atom. The Balaban J connectivity index is 2.48. The summed E-state index contributed by atoms with van der Waals surface area (Å²) in [5.74, 6) is 0.0583. The summed E-state index contributed by atoms with van der Waals surface area (Å²) < 4.78 is 5.15. The minimum absolute atomic E-state index is 0.0622. The number of primary amides is 1. The zero-order valence-electron chi connectivity index (χ0n) is 10.4. The van der Waals surface area contributed by atoms with Gasteiger partial charge in [0.05, 0.1) is 7.11 Å². The molecule has 19 heavy (non-hydrogen) atoms. The van der Waals surface area contributed by atoms with Gasteiger partial charge in [-0.2, -0.15) is 5.26 Å². The molecule has 0 unspecified atom stereocenters. The predicted octanol–water partition coefficient (Wildman–Crippen LogP) is 2.24. The van der Waals surface area contributed by atoms with E-state index in [1.165, 1.54) is 6.08 Å². The van der Waals surface area contributed by atoms with E-state index in [9.17, 15) is 4.79 Å². The number of nitrogens with zero attached hydrogens (tertiary/aromatic N) is 1. The molecule has 0 aromatic heterocycles. The summed E-state index contributed by atoms with van der Waals surface area (Å²) in [5.41, 5.74) is 5.79. The van der Waals surface area contributed by atoms with Crippen LogP contribution in [0.5, 0.6) is 5.75 Å². The predicted molar refractivity (Wildman–Crippen MR) is 73.3 cm³/mol. The number of ether oxygens (including phenoxy) is 1. The summed E-state index contributed by atoms with van der Waals surface area (Å²) in [6.45, 7) is 0. The van der Waals surface area contributed by atoms with Crippen LogP contribution in [-0.4, -0.2) is 13.0 Å². The number of amides is 1. The van der Waals surface area contributed by atoms with Gasteiger partial charge in [0.25, 0.3) is 5.91 Å². The van der Waals surface area contributed by atoms with E-state index in [2.05, 4.69) is 0 Å². The monoisotopic (exact) mass is 252 g/mol. The van der Waals surface area contributed by atoms with Gasteiger partial charge in [-0.15, -0.1) is 0 Å². The number of carbonyl (C=O) groups is 1. The van der Waals surface area contributed by atoms with Crippen LogP contribution in [0.1, 0.15) is 5.56 Å². The van der Waals surface area contributed by atoms with Gasteiger partial charge >= 0.3 is 0 Å². The van der Waals surface area contributed by atoms with E-state index >= 15 is 0 Å². The smallest absolute Gasteiger partial charge is 0.259 e. The van der Waals surface area contributed by atoms with Crippen molar-refractivity contribution < 1.29 is 9.53 Å². The minimum Gasteiger partial charge on any atom is -0.497 e. The fraction of sp³-hybridized carbons (Fsp3) is 0.0667. The molecule has 0 spiro atoms. The molecule has 0 bridgehead atoms. The summed E-state index contributed by atoms with van der Waals surface area (Å²) in [4.78, 5) is 11.0. The van der Waals surface area contributed by atoms with Crippen LogP contribution >= 0.6 is 0 Å². The van der Waals surface area contributed by atoms with Gasteiger partial charge in [-0.25, -0.2) is 0 Å². The first-order chi connectivity index (χ1) is 9.13. The van der Waals surface area contributed by atoms with Crippen molar-refractivity contribution >= 4 is 22.8 Å². The molecule has 4 nitrogen and oxygen atoms in total. The van der Waals surface area contributed by atoms with Crippen LogP contribution in [0, 0.1) is 11.3 Å². The molecular formula is C15H12N2O2. The Labute approximate surface area is 110 Å². The van der Waals surface area contributed by atoms with E-state index < -0.39 is 5.91 Å². The van der Waals surface area contributed by atoms with E-state index in [0.717, 1.165) is 22.1 Å². The van der Waals surface area contributed by atoms with Crippen LogP contribution in [0.25, 0.3) is 16.8 Å². The SMILES string of the molecule is COc1ccc2cc(/C=C(\C#N)C(N)=O)ccc2c1.